The first-order chi connectivity index (χ1) is 7.50. The van der Waals surface area contributed by atoms with Crippen LogP contribution in [-0.2, 0) is 4.79 Å². The number of aliphatic carboxylic acids is 1. The van der Waals surface area contributed by atoms with E-state index in [0.29, 0.717) is 17.0 Å². The van der Waals surface area contributed by atoms with Crippen LogP contribution in [0.3, 0.4) is 0 Å². The maximum Gasteiger partial charge on any atom is 1.00 e. The third-order valence-electron chi connectivity index (χ3n) is 2.63. The van der Waals surface area contributed by atoms with Crippen molar-refractivity contribution in [1.29, 1.82) is 0 Å². The second-order valence-corrected chi connectivity index (χ2v) is 4.58. The van der Waals surface area contributed by atoms with E-state index in [-0.39, 0.29) is 40.4 Å². The number of benzene rings is 1. The molecule has 0 bridgehead atoms. The zero-order chi connectivity index (χ0) is 11.9. The average Bonchev–Trinajstić information content (AvgIpc) is 3.01. The summed E-state index contributed by atoms with van der Waals surface area (Å²) in [4.78, 5) is 22.3. The molecule has 3 nitrogen and oxygen atoms in total. The molecule has 6 heteroatoms. The molecule has 0 aromatic heterocycles. The molecule has 1 saturated carbocycles. The SMILES string of the molecule is O=C([O-])[C@H]1C[C@@H]1C(=O)c1ccc(Cl)c(Cl)c1.[Na+]. The summed E-state index contributed by atoms with van der Waals surface area (Å²) < 4.78 is 0. The second-order valence-electron chi connectivity index (χ2n) is 3.76. The van der Waals surface area contributed by atoms with Gasteiger partial charge in [-0.1, -0.05) is 23.2 Å². The molecule has 1 aromatic rings. The van der Waals surface area contributed by atoms with Crippen molar-refractivity contribution >= 4 is 35.0 Å². The fraction of sp³-hybridized carbons (Fsp3) is 0.273. The molecule has 0 amide bonds. The molecule has 0 aliphatic heterocycles. The smallest absolute Gasteiger partial charge is 0.550 e. The predicted molar refractivity (Wildman–Crippen MR) is 57.4 cm³/mol. The Hall–Kier alpha value is -0.0600. The molecule has 0 N–H and O–H groups in total. The molecule has 0 radical (unpaired) electrons. The van der Waals surface area contributed by atoms with Gasteiger partial charge in [0.15, 0.2) is 5.78 Å². The first kappa shape index (κ1) is 15.0. The van der Waals surface area contributed by atoms with Gasteiger partial charge in [-0.05, 0) is 24.6 Å². The molecule has 0 heterocycles. The Morgan fingerprint density at radius 2 is 1.82 bits per heavy atom. The van der Waals surface area contributed by atoms with Crippen molar-refractivity contribution in [1.82, 2.24) is 0 Å². The number of ketones is 1. The van der Waals surface area contributed by atoms with Crippen LogP contribution in [0.2, 0.25) is 10.0 Å². The van der Waals surface area contributed by atoms with E-state index in [1.165, 1.54) is 12.1 Å². The summed E-state index contributed by atoms with van der Waals surface area (Å²) in [6.07, 6.45) is 0.349. The van der Waals surface area contributed by atoms with Crippen molar-refractivity contribution in [3.63, 3.8) is 0 Å². The summed E-state index contributed by atoms with van der Waals surface area (Å²) in [7, 11) is 0. The Labute approximate surface area is 130 Å². The minimum absolute atomic E-state index is 0. The van der Waals surface area contributed by atoms with E-state index in [4.69, 9.17) is 23.2 Å². The van der Waals surface area contributed by atoms with Crippen LogP contribution in [-0.4, -0.2) is 11.8 Å². The molecular weight excluding hydrogens is 274 g/mol. The maximum absolute atomic E-state index is 11.8. The number of rotatable bonds is 3. The Bertz CT molecular complexity index is 476. The van der Waals surface area contributed by atoms with Gasteiger partial charge in [-0.15, -0.1) is 0 Å². The molecule has 1 fully saturated rings. The van der Waals surface area contributed by atoms with Crippen molar-refractivity contribution in [2.24, 2.45) is 11.8 Å². The van der Waals surface area contributed by atoms with E-state index in [9.17, 15) is 14.7 Å². The quantitative estimate of drug-likeness (QED) is 0.504. The zero-order valence-corrected chi connectivity index (χ0v) is 12.6. The Balaban J connectivity index is 0.00000144. The fourth-order valence-corrected chi connectivity index (χ4v) is 1.91. The van der Waals surface area contributed by atoms with Crippen LogP contribution in [0.25, 0.3) is 0 Å². The molecule has 1 aromatic carbocycles. The average molecular weight is 281 g/mol. The molecule has 84 valence electrons. The summed E-state index contributed by atoms with van der Waals surface area (Å²) in [6, 6.07) is 4.52. The summed E-state index contributed by atoms with van der Waals surface area (Å²) in [5.74, 6) is -2.50. The molecule has 1 aliphatic carbocycles. The third-order valence-corrected chi connectivity index (χ3v) is 3.37. The van der Waals surface area contributed by atoms with E-state index in [2.05, 4.69) is 0 Å². The number of carbonyl (C=O) groups is 2. The van der Waals surface area contributed by atoms with Crippen LogP contribution in [0.5, 0.6) is 0 Å². The number of carboxylic acids is 1. The van der Waals surface area contributed by atoms with Crippen molar-refractivity contribution in [3.05, 3.63) is 33.8 Å². The van der Waals surface area contributed by atoms with E-state index in [1.54, 1.807) is 6.07 Å². The summed E-state index contributed by atoms with van der Waals surface area (Å²) in [5.41, 5.74) is 0.392. The third kappa shape index (κ3) is 3.24. The number of hydrogen-bond donors (Lipinski definition) is 0. The minimum atomic E-state index is -1.17. The van der Waals surface area contributed by atoms with Crippen LogP contribution in [0.4, 0.5) is 0 Å². The molecular formula is C11H7Cl2NaO3. The van der Waals surface area contributed by atoms with Gasteiger partial charge in [0.1, 0.15) is 0 Å². The minimum Gasteiger partial charge on any atom is -0.550 e. The van der Waals surface area contributed by atoms with Gasteiger partial charge in [0.25, 0.3) is 0 Å². The van der Waals surface area contributed by atoms with Crippen molar-refractivity contribution in [2.45, 2.75) is 6.42 Å². The van der Waals surface area contributed by atoms with Gasteiger partial charge in [-0.25, -0.2) is 0 Å². The summed E-state index contributed by atoms with van der Waals surface area (Å²) >= 11 is 11.5. The van der Waals surface area contributed by atoms with E-state index in [0.717, 1.165) is 0 Å². The van der Waals surface area contributed by atoms with Gasteiger partial charge in [-0.3, -0.25) is 4.79 Å². The van der Waals surface area contributed by atoms with E-state index >= 15 is 0 Å². The number of halogens is 2. The Morgan fingerprint density at radius 1 is 1.18 bits per heavy atom. The number of carbonyl (C=O) groups excluding carboxylic acids is 2. The largest absolute Gasteiger partial charge is 1.00 e. The topological polar surface area (TPSA) is 57.2 Å². The van der Waals surface area contributed by atoms with Gasteiger partial charge < -0.3 is 9.90 Å². The first-order valence-corrected chi connectivity index (χ1v) is 5.46. The predicted octanol–water partition coefficient (Wildman–Crippen LogP) is -1.43. The van der Waals surface area contributed by atoms with Crippen LogP contribution < -0.4 is 34.7 Å². The first-order valence-electron chi connectivity index (χ1n) is 4.71. The normalized spacial score (nSPS) is 21.5. The standard InChI is InChI=1S/C11H8Cl2O3.Na/c12-8-2-1-5(3-9(8)13)10(14)6-4-7(6)11(15)16;/h1-3,6-7H,4H2,(H,15,16);/q;+1/p-1/t6-,7-;/m0./s1. The summed E-state index contributed by atoms with van der Waals surface area (Å²) in [5, 5.41) is 11.2. The van der Waals surface area contributed by atoms with Gasteiger partial charge in [0.2, 0.25) is 0 Å². The number of carboxylic acid groups (broad SMARTS) is 1. The van der Waals surface area contributed by atoms with Crippen molar-refractivity contribution in [3.8, 4) is 0 Å². The molecule has 2 rings (SSSR count). The molecule has 2 atom stereocenters. The van der Waals surface area contributed by atoms with Crippen molar-refractivity contribution in [2.75, 3.05) is 0 Å². The molecule has 0 unspecified atom stereocenters. The second kappa shape index (κ2) is 5.72. The number of hydrogen-bond acceptors (Lipinski definition) is 3. The monoisotopic (exact) mass is 280 g/mol. The van der Waals surface area contributed by atoms with Crippen LogP contribution in [0.1, 0.15) is 16.8 Å². The van der Waals surface area contributed by atoms with Crippen LogP contribution in [0.15, 0.2) is 18.2 Å². The molecule has 17 heavy (non-hydrogen) atoms. The Kier molecular flexibility index (Phi) is 5.05. The van der Waals surface area contributed by atoms with Gasteiger partial charge in [0, 0.05) is 23.4 Å². The summed E-state index contributed by atoms with van der Waals surface area (Å²) in [6.45, 7) is 0. The molecule has 0 saturated heterocycles. The fourth-order valence-electron chi connectivity index (χ4n) is 1.61. The van der Waals surface area contributed by atoms with E-state index in [1.807, 2.05) is 0 Å². The van der Waals surface area contributed by atoms with Gasteiger partial charge in [-0.2, -0.15) is 0 Å². The van der Waals surface area contributed by atoms with Gasteiger partial charge in [0.05, 0.1) is 10.0 Å². The van der Waals surface area contributed by atoms with Crippen LogP contribution >= 0.6 is 23.2 Å². The number of Topliss-reactive ketones (excluding diaryl/α,β-unsaturated/α-hetero) is 1. The maximum atomic E-state index is 11.8. The van der Waals surface area contributed by atoms with E-state index < -0.39 is 17.8 Å². The zero-order valence-electron chi connectivity index (χ0n) is 9.07. The van der Waals surface area contributed by atoms with Crippen LogP contribution in [0, 0.1) is 11.8 Å². The molecule has 0 spiro atoms. The van der Waals surface area contributed by atoms with Gasteiger partial charge >= 0.3 is 29.6 Å². The molecule has 1 aliphatic rings. The van der Waals surface area contributed by atoms with Crippen molar-refractivity contribution < 1.29 is 44.3 Å². The Morgan fingerprint density at radius 3 is 2.29 bits per heavy atom.